The molecule has 1 amide bonds. The molecule has 0 aliphatic carbocycles. The highest BCUT2D eigenvalue weighted by molar-refractivity contribution is 6.32. The smallest absolute Gasteiger partial charge is 0.260 e. The van der Waals surface area contributed by atoms with Gasteiger partial charge in [0.2, 0.25) is 0 Å². The fraction of sp³-hybridized carbons (Fsp3) is 0.632. The van der Waals surface area contributed by atoms with Crippen LogP contribution in [0.15, 0.2) is 24.3 Å². The van der Waals surface area contributed by atoms with Crippen molar-refractivity contribution in [2.45, 2.75) is 24.5 Å². The Balaban J connectivity index is 1.40. The van der Waals surface area contributed by atoms with Gasteiger partial charge in [-0.3, -0.25) is 4.79 Å². The zero-order chi connectivity index (χ0) is 17.6. The first-order valence-electron chi connectivity index (χ1n) is 8.96. The van der Waals surface area contributed by atoms with Gasteiger partial charge in [0, 0.05) is 24.9 Å². The van der Waals surface area contributed by atoms with Gasteiger partial charge in [-0.05, 0) is 39.1 Å². The molecule has 4 rings (SSSR count). The van der Waals surface area contributed by atoms with E-state index in [0.717, 1.165) is 25.9 Å². The summed E-state index contributed by atoms with van der Waals surface area (Å²) in [6.07, 6.45) is 2.55. The standard InChI is InChI=1S/C19H25ClN2O3/c1-21(2)9-13-14-10-22(12-19(14)8-7-16(13)25-19)18(23)11-24-17-6-4-3-5-15(17)20/h3-6,13-14,16H,7-12H2,1-2H3/t13-,14+,16+,19+/m0/s1. The van der Waals surface area contributed by atoms with Crippen molar-refractivity contribution in [3.8, 4) is 5.75 Å². The maximum absolute atomic E-state index is 12.7. The second-order valence-corrected chi connectivity index (χ2v) is 8.19. The molecule has 3 aliphatic heterocycles. The van der Waals surface area contributed by atoms with E-state index in [9.17, 15) is 4.79 Å². The third kappa shape index (κ3) is 3.03. The molecule has 0 unspecified atom stereocenters. The molecule has 0 aromatic heterocycles. The van der Waals surface area contributed by atoms with Gasteiger partial charge in [-0.25, -0.2) is 0 Å². The molecule has 4 atom stereocenters. The monoisotopic (exact) mass is 364 g/mol. The summed E-state index contributed by atoms with van der Waals surface area (Å²) in [5, 5.41) is 0.528. The predicted octanol–water partition coefficient (Wildman–Crippen LogP) is 2.29. The number of fused-ring (bicyclic) bond motifs is 1. The molecule has 5 nitrogen and oxygen atoms in total. The van der Waals surface area contributed by atoms with E-state index >= 15 is 0 Å². The molecule has 0 radical (unpaired) electrons. The first-order chi connectivity index (χ1) is 12.0. The number of nitrogens with zero attached hydrogens (tertiary/aromatic N) is 2. The SMILES string of the molecule is CN(C)C[C@H]1[C@H]2CN(C(=O)COc3ccccc3Cl)C[C@]23CC[C@H]1O3. The highest BCUT2D eigenvalue weighted by Crippen LogP contribution is 2.54. The maximum atomic E-state index is 12.7. The number of amides is 1. The van der Waals surface area contributed by atoms with Crippen molar-refractivity contribution in [3.63, 3.8) is 0 Å². The van der Waals surface area contributed by atoms with Gasteiger partial charge in [-0.2, -0.15) is 0 Å². The van der Waals surface area contributed by atoms with E-state index in [1.54, 1.807) is 12.1 Å². The quantitative estimate of drug-likeness (QED) is 0.804. The van der Waals surface area contributed by atoms with Gasteiger partial charge in [0.05, 0.1) is 23.3 Å². The Kier molecular flexibility index (Phi) is 4.42. The number of carbonyl (C=O) groups is 1. The van der Waals surface area contributed by atoms with Crippen LogP contribution in [0.2, 0.25) is 5.02 Å². The highest BCUT2D eigenvalue weighted by Gasteiger charge is 2.63. The first-order valence-corrected chi connectivity index (χ1v) is 9.34. The van der Waals surface area contributed by atoms with Crippen molar-refractivity contribution >= 4 is 17.5 Å². The Morgan fingerprint density at radius 3 is 3.00 bits per heavy atom. The lowest BCUT2D eigenvalue weighted by Crippen LogP contribution is -2.40. The topological polar surface area (TPSA) is 42.0 Å². The van der Waals surface area contributed by atoms with Gasteiger partial charge in [-0.15, -0.1) is 0 Å². The molecule has 3 aliphatic rings. The number of likely N-dealkylation sites (tertiary alicyclic amines) is 1. The summed E-state index contributed by atoms with van der Waals surface area (Å²) in [6, 6.07) is 7.24. The molecule has 1 aromatic rings. The van der Waals surface area contributed by atoms with Crippen molar-refractivity contribution in [1.29, 1.82) is 0 Å². The summed E-state index contributed by atoms with van der Waals surface area (Å²) in [6.45, 7) is 2.52. The molecule has 2 bridgehead atoms. The second-order valence-electron chi connectivity index (χ2n) is 7.79. The zero-order valence-corrected chi connectivity index (χ0v) is 15.5. The van der Waals surface area contributed by atoms with Crippen LogP contribution >= 0.6 is 11.6 Å². The minimum atomic E-state index is -0.120. The molecule has 25 heavy (non-hydrogen) atoms. The highest BCUT2D eigenvalue weighted by atomic mass is 35.5. The van der Waals surface area contributed by atoms with Crippen LogP contribution in [0.1, 0.15) is 12.8 Å². The van der Waals surface area contributed by atoms with Crippen LogP contribution in [-0.2, 0) is 9.53 Å². The largest absolute Gasteiger partial charge is 0.482 e. The first kappa shape index (κ1) is 17.1. The van der Waals surface area contributed by atoms with Crippen molar-refractivity contribution in [2.24, 2.45) is 11.8 Å². The molecule has 0 N–H and O–H groups in total. The minimum Gasteiger partial charge on any atom is -0.482 e. The van der Waals surface area contributed by atoms with Gasteiger partial charge in [-0.1, -0.05) is 23.7 Å². The van der Waals surface area contributed by atoms with Crippen molar-refractivity contribution in [3.05, 3.63) is 29.3 Å². The third-order valence-electron chi connectivity index (χ3n) is 5.90. The average molecular weight is 365 g/mol. The normalized spacial score (nSPS) is 33.1. The number of carbonyl (C=O) groups excluding carboxylic acids is 1. The molecular formula is C19H25ClN2O3. The number of rotatable bonds is 5. The number of hydrogen-bond donors (Lipinski definition) is 0. The molecular weight excluding hydrogens is 340 g/mol. The summed E-state index contributed by atoms with van der Waals surface area (Å²) >= 11 is 6.09. The second kappa shape index (κ2) is 6.45. The molecule has 6 heteroatoms. The van der Waals surface area contributed by atoms with Gasteiger partial charge < -0.3 is 19.3 Å². The van der Waals surface area contributed by atoms with Crippen LogP contribution in [0.4, 0.5) is 0 Å². The lowest BCUT2D eigenvalue weighted by atomic mass is 9.73. The van der Waals surface area contributed by atoms with E-state index in [1.165, 1.54) is 0 Å². The Morgan fingerprint density at radius 2 is 2.24 bits per heavy atom. The molecule has 3 heterocycles. The van der Waals surface area contributed by atoms with E-state index in [1.807, 2.05) is 17.0 Å². The fourth-order valence-corrected chi connectivity index (χ4v) is 5.03. The van der Waals surface area contributed by atoms with E-state index < -0.39 is 0 Å². The summed E-state index contributed by atoms with van der Waals surface area (Å²) in [5.74, 6) is 1.53. The minimum absolute atomic E-state index is 0.0133. The molecule has 136 valence electrons. The Morgan fingerprint density at radius 1 is 1.44 bits per heavy atom. The molecule has 1 spiro atoms. The lowest BCUT2D eigenvalue weighted by Gasteiger charge is -2.30. The summed E-state index contributed by atoms with van der Waals surface area (Å²) < 4.78 is 12.0. The van der Waals surface area contributed by atoms with E-state index in [0.29, 0.717) is 35.3 Å². The number of ether oxygens (including phenoxy) is 2. The van der Waals surface area contributed by atoms with Crippen LogP contribution in [0, 0.1) is 11.8 Å². The number of benzene rings is 1. The molecule has 3 fully saturated rings. The Bertz CT molecular complexity index is 668. The summed E-state index contributed by atoms with van der Waals surface area (Å²) in [7, 11) is 4.21. The predicted molar refractivity (Wildman–Crippen MR) is 95.9 cm³/mol. The van der Waals surface area contributed by atoms with Crippen molar-refractivity contribution in [1.82, 2.24) is 9.80 Å². The zero-order valence-electron chi connectivity index (χ0n) is 14.8. The van der Waals surface area contributed by atoms with Crippen molar-refractivity contribution in [2.75, 3.05) is 40.3 Å². The van der Waals surface area contributed by atoms with Gasteiger partial charge in [0.1, 0.15) is 5.75 Å². The third-order valence-corrected chi connectivity index (χ3v) is 6.21. The summed E-state index contributed by atoms with van der Waals surface area (Å²) in [4.78, 5) is 16.8. The molecule has 0 saturated carbocycles. The van der Waals surface area contributed by atoms with Crippen LogP contribution in [0.25, 0.3) is 0 Å². The van der Waals surface area contributed by atoms with Crippen LogP contribution in [0.3, 0.4) is 0 Å². The van der Waals surface area contributed by atoms with Crippen LogP contribution in [-0.4, -0.2) is 67.7 Å². The average Bonchev–Trinajstić information content (AvgIpc) is 3.23. The number of hydrogen-bond acceptors (Lipinski definition) is 4. The molecule has 3 saturated heterocycles. The summed E-state index contributed by atoms with van der Waals surface area (Å²) in [5.41, 5.74) is -0.120. The number of halogens is 1. The van der Waals surface area contributed by atoms with Crippen molar-refractivity contribution < 1.29 is 14.3 Å². The van der Waals surface area contributed by atoms with Gasteiger partial charge in [0.25, 0.3) is 5.91 Å². The van der Waals surface area contributed by atoms with E-state index in [4.69, 9.17) is 21.1 Å². The lowest BCUT2D eigenvalue weighted by molar-refractivity contribution is -0.133. The van der Waals surface area contributed by atoms with Crippen LogP contribution in [0.5, 0.6) is 5.75 Å². The van der Waals surface area contributed by atoms with E-state index in [2.05, 4.69) is 19.0 Å². The Hall–Kier alpha value is -1.30. The van der Waals surface area contributed by atoms with E-state index in [-0.39, 0.29) is 18.1 Å². The fourth-order valence-electron chi connectivity index (χ4n) is 4.84. The van der Waals surface area contributed by atoms with Crippen LogP contribution < -0.4 is 4.74 Å². The van der Waals surface area contributed by atoms with Gasteiger partial charge in [0.15, 0.2) is 6.61 Å². The Labute approximate surface area is 153 Å². The number of para-hydroxylation sites is 1. The maximum Gasteiger partial charge on any atom is 0.260 e. The van der Waals surface area contributed by atoms with Gasteiger partial charge >= 0.3 is 0 Å². The molecule has 1 aromatic carbocycles.